The van der Waals surface area contributed by atoms with E-state index in [0.717, 1.165) is 45.3 Å². The third-order valence-corrected chi connectivity index (χ3v) is 4.77. The van der Waals surface area contributed by atoms with Gasteiger partial charge in [0.15, 0.2) is 5.65 Å². The number of nitrogens with one attached hydrogen (secondary N) is 1. The number of carbonyl (C=O) groups is 1. The summed E-state index contributed by atoms with van der Waals surface area (Å²) in [7, 11) is 1.66. The van der Waals surface area contributed by atoms with Crippen LogP contribution in [-0.4, -0.2) is 40.3 Å². The lowest BCUT2D eigenvalue weighted by molar-refractivity contribution is -0.143. The van der Waals surface area contributed by atoms with Crippen molar-refractivity contribution in [2.24, 2.45) is 0 Å². The smallest absolute Gasteiger partial charge is 0.307 e. The fourth-order valence-electron chi connectivity index (χ4n) is 3.48. The third-order valence-electron chi connectivity index (χ3n) is 4.77. The van der Waals surface area contributed by atoms with Crippen LogP contribution in [0.2, 0.25) is 0 Å². The van der Waals surface area contributed by atoms with Crippen molar-refractivity contribution in [3.05, 3.63) is 41.2 Å². The van der Waals surface area contributed by atoms with Gasteiger partial charge in [0.1, 0.15) is 11.6 Å². The molecule has 0 saturated heterocycles. The second-order valence-electron chi connectivity index (χ2n) is 7.21. The van der Waals surface area contributed by atoms with Crippen molar-refractivity contribution < 1.29 is 14.3 Å². The minimum absolute atomic E-state index is 0.102. The normalized spacial score (nSPS) is 12.1. The van der Waals surface area contributed by atoms with Gasteiger partial charge in [-0.25, -0.2) is 4.98 Å². The van der Waals surface area contributed by atoms with Gasteiger partial charge < -0.3 is 14.8 Å². The molecule has 1 N–H and O–H groups in total. The summed E-state index contributed by atoms with van der Waals surface area (Å²) in [6.45, 7) is 10.1. The summed E-state index contributed by atoms with van der Waals surface area (Å²) in [5.41, 5.74) is 5.70. The minimum atomic E-state index is -0.222. The fraction of sp³-hybridized carbons (Fsp3) is 0.409. The number of anilines is 1. The summed E-state index contributed by atoms with van der Waals surface area (Å²) in [5, 5.41) is 8.11. The highest BCUT2D eigenvalue weighted by Crippen LogP contribution is 2.33. The van der Waals surface area contributed by atoms with Gasteiger partial charge in [-0.2, -0.15) is 9.61 Å². The van der Waals surface area contributed by atoms with Crippen LogP contribution in [-0.2, 0) is 9.53 Å². The SMILES string of the molecule is CCOC(=O)CC(C)Nc1cc(C)nc2c(-c3ccc(OC)cc3C)c(C)nn12. The monoisotopic (exact) mass is 396 g/mol. The molecule has 7 nitrogen and oxygen atoms in total. The van der Waals surface area contributed by atoms with E-state index in [1.807, 2.05) is 49.6 Å². The van der Waals surface area contributed by atoms with Crippen LogP contribution in [0, 0.1) is 20.8 Å². The van der Waals surface area contributed by atoms with E-state index in [2.05, 4.69) is 12.2 Å². The van der Waals surface area contributed by atoms with E-state index >= 15 is 0 Å². The van der Waals surface area contributed by atoms with Crippen molar-refractivity contribution in [1.29, 1.82) is 0 Å². The minimum Gasteiger partial charge on any atom is -0.497 e. The summed E-state index contributed by atoms with van der Waals surface area (Å²) in [6, 6.07) is 7.83. The van der Waals surface area contributed by atoms with Gasteiger partial charge >= 0.3 is 5.97 Å². The average Bonchev–Trinajstić information content (AvgIpc) is 2.97. The maximum atomic E-state index is 11.8. The molecule has 154 valence electrons. The molecule has 0 aliphatic carbocycles. The Balaban J connectivity index is 2.03. The van der Waals surface area contributed by atoms with Gasteiger partial charge in [-0.15, -0.1) is 0 Å². The molecule has 0 amide bonds. The summed E-state index contributed by atoms with van der Waals surface area (Å²) in [6.07, 6.45) is 0.279. The zero-order valence-corrected chi connectivity index (χ0v) is 17.9. The number of fused-ring (bicyclic) bond motifs is 1. The molecule has 0 spiro atoms. The first-order valence-corrected chi connectivity index (χ1v) is 9.78. The quantitative estimate of drug-likeness (QED) is 0.606. The highest BCUT2D eigenvalue weighted by atomic mass is 16.5. The predicted molar refractivity (Wildman–Crippen MR) is 114 cm³/mol. The molecular weight excluding hydrogens is 368 g/mol. The van der Waals surface area contributed by atoms with Gasteiger partial charge in [0.25, 0.3) is 0 Å². The van der Waals surface area contributed by atoms with Gasteiger partial charge in [-0.1, -0.05) is 6.07 Å². The van der Waals surface area contributed by atoms with Crippen LogP contribution >= 0.6 is 0 Å². The molecular formula is C22H28N4O3. The summed E-state index contributed by atoms with van der Waals surface area (Å²) in [5.74, 6) is 1.39. The number of hydrogen-bond donors (Lipinski definition) is 1. The van der Waals surface area contributed by atoms with Crippen molar-refractivity contribution in [2.75, 3.05) is 19.0 Å². The molecule has 0 saturated carbocycles. The molecule has 0 fully saturated rings. The van der Waals surface area contributed by atoms with Gasteiger partial charge in [-0.3, -0.25) is 4.79 Å². The van der Waals surface area contributed by atoms with Crippen LogP contribution < -0.4 is 10.1 Å². The Bertz CT molecular complexity index is 1040. The number of ether oxygens (including phenoxy) is 2. The molecule has 1 unspecified atom stereocenters. The van der Waals surface area contributed by atoms with Crippen molar-refractivity contribution in [3.8, 4) is 16.9 Å². The molecule has 7 heteroatoms. The van der Waals surface area contributed by atoms with E-state index in [-0.39, 0.29) is 18.4 Å². The van der Waals surface area contributed by atoms with Gasteiger partial charge in [0, 0.05) is 23.4 Å². The molecule has 2 aromatic heterocycles. The van der Waals surface area contributed by atoms with E-state index in [4.69, 9.17) is 19.6 Å². The Morgan fingerprint density at radius 1 is 1.24 bits per heavy atom. The van der Waals surface area contributed by atoms with Crippen molar-refractivity contribution in [3.63, 3.8) is 0 Å². The van der Waals surface area contributed by atoms with Crippen LogP contribution in [0.4, 0.5) is 5.82 Å². The van der Waals surface area contributed by atoms with Gasteiger partial charge in [0.05, 0.1) is 25.8 Å². The van der Waals surface area contributed by atoms with Crippen LogP contribution in [0.25, 0.3) is 16.8 Å². The first-order valence-electron chi connectivity index (χ1n) is 9.78. The number of hydrogen-bond acceptors (Lipinski definition) is 6. The van der Waals surface area contributed by atoms with Gasteiger partial charge in [-0.05, 0) is 57.9 Å². The maximum Gasteiger partial charge on any atom is 0.307 e. The second-order valence-corrected chi connectivity index (χ2v) is 7.21. The number of nitrogens with zero attached hydrogens (tertiary/aromatic N) is 3. The molecule has 1 atom stereocenters. The Kier molecular flexibility index (Phi) is 6.06. The summed E-state index contributed by atoms with van der Waals surface area (Å²) < 4.78 is 12.2. The first kappa shape index (κ1) is 20.6. The largest absolute Gasteiger partial charge is 0.497 e. The molecule has 29 heavy (non-hydrogen) atoms. The molecule has 3 aromatic rings. The van der Waals surface area contributed by atoms with Crippen molar-refractivity contribution in [1.82, 2.24) is 14.6 Å². The number of esters is 1. The molecule has 2 heterocycles. The molecule has 0 bridgehead atoms. The van der Waals surface area contributed by atoms with E-state index in [1.165, 1.54) is 0 Å². The van der Waals surface area contributed by atoms with E-state index in [1.54, 1.807) is 14.0 Å². The lowest BCUT2D eigenvalue weighted by Crippen LogP contribution is -2.22. The fourth-order valence-corrected chi connectivity index (χ4v) is 3.48. The summed E-state index contributed by atoms with van der Waals surface area (Å²) >= 11 is 0. The van der Waals surface area contributed by atoms with Gasteiger partial charge in [0.2, 0.25) is 0 Å². The molecule has 0 aliphatic heterocycles. The van der Waals surface area contributed by atoms with Crippen LogP contribution in [0.15, 0.2) is 24.3 Å². The Morgan fingerprint density at radius 3 is 2.66 bits per heavy atom. The van der Waals surface area contributed by atoms with E-state index < -0.39 is 0 Å². The number of methoxy groups -OCH3 is 1. The predicted octanol–water partition coefficient (Wildman–Crippen LogP) is 4.08. The topological polar surface area (TPSA) is 77.8 Å². The van der Waals surface area contributed by atoms with E-state index in [9.17, 15) is 4.79 Å². The average molecular weight is 396 g/mol. The number of benzene rings is 1. The Morgan fingerprint density at radius 2 is 2.00 bits per heavy atom. The lowest BCUT2D eigenvalue weighted by atomic mass is 10.0. The molecule has 3 rings (SSSR count). The highest BCUT2D eigenvalue weighted by molar-refractivity contribution is 5.83. The zero-order chi connectivity index (χ0) is 21.1. The first-order chi connectivity index (χ1) is 13.8. The standard InChI is InChI=1S/C22H28N4O3/c1-7-29-20(27)12-15(4)23-19-11-14(3)24-22-21(16(5)25-26(19)22)18-9-8-17(28-6)10-13(18)2/h8-11,15,23H,7,12H2,1-6H3. The van der Waals surface area contributed by atoms with Crippen molar-refractivity contribution >= 4 is 17.4 Å². The number of aromatic nitrogens is 3. The molecule has 0 radical (unpaired) electrons. The second kappa shape index (κ2) is 8.51. The summed E-state index contributed by atoms with van der Waals surface area (Å²) in [4.78, 5) is 16.6. The van der Waals surface area contributed by atoms with Crippen LogP contribution in [0.5, 0.6) is 5.75 Å². The maximum absolute atomic E-state index is 11.8. The highest BCUT2D eigenvalue weighted by Gasteiger charge is 2.19. The van der Waals surface area contributed by atoms with Crippen LogP contribution in [0.1, 0.15) is 37.2 Å². The Labute approximate surface area is 171 Å². The van der Waals surface area contributed by atoms with Crippen molar-refractivity contribution in [2.45, 2.75) is 47.1 Å². The Hall–Kier alpha value is -3.09. The molecule has 0 aliphatic rings. The lowest BCUT2D eigenvalue weighted by Gasteiger charge is -2.16. The van der Waals surface area contributed by atoms with Crippen LogP contribution in [0.3, 0.4) is 0 Å². The third kappa shape index (κ3) is 4.34. The number of carbonyl (C=O) groups excluding carboxylic acids is 1. The molecule has 1 aromatic carbocycles. The van der Waals surface area contributed by atoms with E-state index in [0.29, 0.717) is 6.61 Å². The zero-order valence-electron chi connectivity index (χ0n) is 17.9. The number of rotatable bonds is 7. The number of aryl methyl sites for hydroxylation is 3.